The van der Waals surface area contributed by atoms with Crippen LogP contribution in [0.15, 0.2) is 18.2 Å². The topological polar surface area (TPSA) is 59.0 Å². The lowest BCUT2D eigenvalue weighted by molar-refractivity contribution is 0.0751. The van der Waals surface area contributed by atoms with Crippen molar-refractivity contribution < 1.29 is 4.79 Å². The van der Waals surface area contributed by atoms with E-state index in [2.05, 4.69) is 15.7 Å². The summed E-state index contributed by atoms with van der Waals surface area (Å²) in [5.74, 6) is 1.11. The third kappa shape index (κ3) is 4.43. The van der Waals surface area contributed by atoms with Crippen molar-refractivity contribution in [2.75, 3.05) is 18.4 Å². The predicted molar refractivity (Wildman–Crippen MR) is 104 cm³/mol. The van der Waals surface area contributed by atoms with Gasteiger partial charge in [0, 0.05) is 28.8 Å². The van der Waals surface area contributed by atoms with E-state index >= 15 is 0 Å². The maximum absolute atomic E-state index is 12.8. The van der Waals surface area contributed by atoms with Gasteiger partial charge in [0.05, 0.1) is 16.6 Å². The Bertz CT molecular complexity index is 741. The van der Waals surface area contributed by atoms with E-state index in [0.29, 0.717) is 12.5 Å². The molecule has 0 radical (unpaired) electrons. The maximum atomic E-state index is 12.8. The van der Waals surface area contributed by atoms with Gasteiger partial charge in [0.2, 0.25) is 0 Å². The summed E-state index contributed by atoms with van der Waals surface area (Å²) in [5.41, 5.74) is 0.494. The van der Waals surface area contributed by atoms with Crippen molar-refractivity contribution in [3.8, 4) is 0 Å². The molecule has 0 bridgehead atoms. The molecule has 1 saturated heterocycles. The molecule has 2 aromatic rings. The number of anilines is 1. The molecule has 25 heavy (non-hydrogen) atoms. The molecular weight excluding hydrogens is 356 g/mol. The highest BCUT2D eigenvalue weighted by Crippen LogP contribution is 2.28. The van der Waals surface area contributed by atoms with Gasteiger partial charge < -0.3 is 10.6 Å². The van der Waals surface area contributed by atoms with E-state index in [-0.39, 0.29) is 5.91 Å². The van der Waals surface area contributed by atoms with Gasteiger partial charge in [0.1, 0.15) is 5.82 Å². The molecular formula is C18H25ClN4OS. The molecule has 136 valence electrons. The first kappa shape index (κ1) is 18.4. The van der Waals surface area contributed by atoms with Gasteiger partial charge in [-0.1, -0.05) is 32.4 Å². The van der Waals surface area contributed by atoms with Crippen LogP contribution >= 0.6 is 22.9 Å². The van der Waals surface area contributed by atoms with Crippen molar-refractivity contribution in [3.63, 3.8) is 0 Å². The van der Waals surface area contributed by atoms with Gasteiger partial charge in [-0.15, -0.1) is 11.3 Å². The minimum atomic E-state index is -0.489. The Morgan fingerprint density at radius 3 is 2.88 bits per heavy atom. The highest BCUT2D eigenvalue weighted by molar-refractivity contribution is 7.16. The summed E-state index contributed by atoms with van der Waals surface area (Å²) >= 11 is 7.54. The minimum Gasteiger partial charge on any atom is -0.365 e. The number of carbonyl (C=O) groups excluding carboxylic acids is 1. The molecule has 1 atom stereocenters. The second-order valence-corrected chi connectivity index (χ2v) is 9.32. The molecule has 1 unspecified atom stereocenters. The van der Waals surface area contributed by atoms with E-state index in [9.17, 15) is 4.79 Å². The summed E-state index contributed by atoms with van der Waals surface area (Å²) in [4.78, 5) is 14.0. The standard InChI is InChI=1S/C18H25ClN4OS/c1-18(2,3)17(24)23-16(21-11-13-6-7-15(19)25-13)9-14(22-23)12-5-4-8-20-10-12/h6-7,9,12,20-21H,4-5,8,10-11H2,1-3H3. The van der Waals surface area contributed by atoms with Crippen LogP contribution in [0.25, 0.3) is 0 Å². The van der Waals surface area contributed by atoms with E-state index in [4.69, 9.17) is 11.6 Å². The molecule has 2 aromatic heterocycles. The summed E-state index contributed by atoms with van der Waals surface area (Å²) in [6, 6.07) is 5.91. The highest BCUT2D eigenvalue weighted by Gasteiger charge is 2.28. The zero-order valence-corrected chi connectivity index (χ0v) is 16.5. The smallest absolute Gasteiger partial charge is 0.254 e. The number of thiophene rings is 1. The number of nitrogens with one attached hydrogen (secondary N) is 2. The molecule has 2 N–H and O–H groups in total. The lowest BCUT2D eigenvalue weighted by atomic mass is 9.96. The summed E-state index contributed by atoms with van der Waals surface area (Å²) in [5, 5.41) is 11.4. The Kier molecular flexibility index (Phi) is 5.51. The number of carbonyl (C=O) groups is 1. The summed E-state index contributed by atoms with van der Waals surface area (Å²) in [6.07, 6.45) is 2.24. The molecule has 3 rings (SSSR count). The Hall–Kier alpha value is -1.37. The maximum Gasteiger partial charge on any atom is 0.254 e. The van der Waals surface area contributed by atoms with Crippen molar-refractivity contribution in [3.05, 3.63) is 33.1 Å². The Morgan fingerprint density at radius 2 is 2.28 bits per heavy atom. The van der Waals surface area contributed by atoms with Crippen LogP contribution in [0.1, 0.15) is 54.9 Å². The second kappa shape index (κ2) is 7.48. The zero-order valence-electron chi connectivity index (χ0n) is 14.9. The molecule has 0 aliphatic carbocycles. The lowest BCUT2D eigenvalue weighted by Gasteiger charge is -2.21. The minimum absolute atomic E-state index is 0.00534. The third-order valence-electron chi connectivity index (χ3n) is 4.35. The van der Waals surface area contributed by atoms with E-state index in [1.165, 1.54) is 11.3 Å². The molecule has 3 heterocycles. The first-order valence-electron chi connectivity index (χ1n) is 8.68. The number of halogens is 1. The Morgan fingerprint density at radius 1 is 1.48 bits per heavy atom. The highest BCUT2D eigenvalue weighted by atomic mass is 35.5. The van der Waals surface area contributed by atoms with Crippen LogP contribution in [0.4, 0.5) is 5.82 Å². The molecule has 0 aromatic carbocycles. The van der Waals surface area contributed by atoms with Gasteiger partial charge in [-0.25, -0.2) is 0 Å². The van der Waals surface area contributed by atoms with Gasteiger partial charge in [-0.3, -0.25) is 4.79 Å². The van der Waals surface area contributed by atoms with E-state index in [0.717, 1.165) is 46.7 Å². The number of nitrogens with zero attached hydrogens (tertiary/aromatic N) is 2. The van der Waals surface area contributed by atoms with E-state index in [1.54, 1.807) is 4.68 Å². The molecule has 1 aliphatic heterocycles. The molecule has 0 spiro atoms. The fourth-order valence-electron chi connectivity index (χ4n) is 2.93. The monoisotopic (exact) mass is 380 g/mol. The van der Waals surface area contributed by atoms with Crippen LogP contribution in [0, 0.1) is 5.41 Å². The molecule has 5 nitrogen and oxygen atoms in total. The van der Waals surface area contributed by atoms with Crippen molar-refractivity contribution in [1.82, 2.24) is 15.1 Å². The zero-order chi connectivity index (χ0) is 18.0. The van der Waals surface area contributed by atoms with Gasteiger partial charge in [-0.2, -0.15) is 9.78 Å². The average Bonchev–Trinajstić information content (AvgIpc) is 3.18. The third-order valence-corrected chi connectivity index (χ3v) is 5.58. The van der Waals surface area contributed by atoms with Crippen LogP contribution < -0.4 is 10.6 Å². The van der Waals surface area contributed by atoms with Gasteiger partial charge in [0.15, 0.2) is 0 Å². The van der Waals surface area contributed by atoms with Crippen LogP contribution in [-0.2, 0) is 6.54 Å². The quantitative estimate of drug-likeness (QED) is 0.827. The summed E-state index contributed by atoms with van der Waals surface area (Å²) in [6.45, 7) is 8.36. The molecule has 7 heteroatoms. The molecule has 0 saturated carbocycles. The normalized spacial score (nSPS) is 18.3. The van der Waals surface area contributed by atoms with E-state index < -0.39 is 5.41 Å². The molecule has 1 fully saturated rings. The Balaban J connectivity index is 1.85. The van der Waals surface area contributed by atoms with Crippen LogP contribution in [0.2, 0.25) is 4.34 Å². The number of hydrogen-bond acceptors (Lipinski definition) is 5. The SMILES string of the molecule is CC(C)(C)C(=O)n1nc(C2CCCNC2)cc1NCc1ccc(Cl)s1. The number of piperidine rings is 1. The van der Waals surface area contributed by atoms with Crippen molar-refractivity contribution >= 4 is 34.7 Å². The second-order valence-electron chi connectivity index (χ2n) is 7.52. The fourth-order valence-corrected chi connectivity index (χ4v) is 3.95. The van der Waals surface area contributed by atoms with Gasteiger partial charge in [0.25, 0.3) is 5.91 Å². The largest absolute Gasteiger partial charge is 0.365 e. The van der Waals surface area contributed by atoms with Crippen molar-refractivity contribution in [1.29, 1.82) is 0 Å². The Labute approximate surface area is 157 Å². The fraction of sp³-hybridized carbons (Fsp3) is 0.556. The van der Waals surface area contributed by atoms with Crippen LogP contribution in [0.3, 0.4) is 0 Å². The lowest BCUT2D eigenvalue weighted by Crippen LogP contribution is -2.30. The first-order chi connectivity index (χ1) is 11.8. The summed E-state index contributed by atoms with van der Waals surface area (Å²) in [7, 11) is 0. The van der Waals surface area contributed by atoms with Gasteiger partial charge >= 0.3 is 0 Å². The molecule has 0 amide bonds. The van der Waals surface area contributed by atoms with Crippen molar-refractivity contribution in [2.24, 2.45) is 5.41 Å². The number of hydrogen-bond donors (Lipinski definition) is 2. The van der Waals surface area contributed by atoms with Crippen molar-refractivity contribution in [2.45, 2.75) is 46.1 Å². The first-order valence-corrected chi connectivity index (χ1v) is 9.87. The number of rotatable bonds is 4. The van der Waals surface area contributed by atoms with Gasteiger partial charge in [-0.05, 0) is 31.5 Å². The van der Waals surface area contributed by atoms with E-state index in [1.807, 2.05) is 39.0 Å². The average molecular weight is 381 g/mol. The van der Waals surface area contributed by atoms with Crippen LogP contribution in [-0.4, -0.2) is 28.8 Å². The number of aromatic nitrogens is 2. The van der Waals surface area contributed by atoms with Crippen LogP contribution in [0.5, 0.6) is 0 Å². The molecule has 1 aliphatic rings. The summed E-state index contributed by atoms with van der Waals surface area (Å²) < 4.78 is 2.31. The predicted octanol–water partition coefficient (Wildman–Crippen LogP) is 4.36.